The largest absolute Gasteiger partial charge is 0.449 e. The van der Waals surface area contributed by atoms with Crippen LogP contribution in [0.4, 0.5) is 0 Å². The average Bonchev–Trinajstić information content (AvgIpc) is 2.62. The van der Waals surface area contributed by atoms with Gasteiger partial charge in [-0.2, -0.15) is 0 Å². The fraction of sp³-hybridized carbons (Fsp3) is 0.278. The first-order valence-corrected chi connectivity index (χ1v) is 8.86. The standard InChI is InChI=1S/C18H20N2O3S/c1-13(16(21)19-12-10-14-7-4-3-5-8-14)23-18(22)15-9-6-11-20-17(15)24-2/h3-9,11,13H,10,12H2,1-2H3,(H,19,21). The summed E-state index contributed by atoms with van der Waals surface area (Å²) in [5, 5.41) is 3.36. The van der Waals surface area contributed by atoms with Gasteiger partial charge in [-0.25, -0.2) is 9.78 Å². The average molecular weight is 344 g/mol. The van der Waals surface area contributed by atoms with Gasteiger partial charge in [0.15, 0.2) is 6.10 Å². The second-order valence-corrected chi connectivity index (χ2v) is 5.93. The third-order valence-corrected chi connectivity index (χ3v) is 4.11. The summed E-state index contributed by atoms with van der Waals surface area (Å²) in [4.78, 5) is 28.3. The molecule has 1 N–H and O–H groups in total. The van der Waals surface area contributed by atoms with E-state index in [0.717, 1.165) is 12.0 Å². The van der Waals surface area contributed by atoms with Gasteiger partial charge in [0.2, 0.25) is 0 Å². The van der Waals surface area contributed by atoms with Crippen LogP contribution in [0.3, 0.4) is 0 Å². The van der Waals surface area contributed by atoms with Crippen molar-refractivity contribution < 1.29 is 14.3 Å². The lowest BCUT2D eigenvalue weighted by Gasteiger charge is -2.14. The monoisotopic (exact) mass is 344 g/mol. The van der Waals surface area contributed by atoms with Crippen molar-refractivity contribution >= 4 is 23.6 Å². The number of nitrogens with zero attached hydrogens (tertiary/aromatic N) is 1. The minimum Gasteiger partial charge on any atom is -0.449 e. The van der Waals surface area contributed by atoms with Crippen LogP contribution in [0.5, 0.6) is 0 Å². The summed E-state index contributed by atoms with van der Waals surface area (Å²) in [5.41, 5.74) is 1.51. The van der Waals surface area contributed by atoms with E-state index in [1.807, 2.05) is 36.6 Å². The number of hydrogen-bond acceptors (Lipinski definition) is 5. The van der Waals surface area contributed by atoms with Crippen molar-refractivity contribution in [3.05, 3.63) is 59.8 Å². The highest BCUT2D eigenvalue weighted by molar-refractivity contribution is 7.98. The van der Waals surface area contributed by atoms with E-state index in [0.29, 0.717) is 17.1 Å². The topological polar surface area (TPSA) is 68.3 Å². The SMILES string of the molecule is CSc1ncccc1C(=O)OC(C)C(=O)NCCc1ccccc1. The van der Waals surface area contributed by atoms with Crippen LogP contribution in [0.2, 0.25) is 0 Å². The lowest BCUT2D eigenvalue weighted by Crippen LogP contribution is -2.37. The summed E-state index contributed by atoms with van der Waals surface area (Å²) < 4.78 is 5.24. The number of carbonyl (C=O) groups excluding carboxylic acids is 2. The van der Waals surface area contributed by atoms with Crippen LogP contribution in [-0.2, 0) is 16.0 Å². The lowest BCUT2D eigenvalue weighted by atomic mass is 10.1. The minimum atomic E-state index is -0.858. The van der Waals surface area contributed by atoms with E-state index < -0.39 is 12.1 Å². The van der Waals surface area contributed by atoms with Crippen molar-refractivity contribution in [3.63, 3.8) is 0 Å². The van der Waals surface area contributed by atoms with Gasteiger partial charge in [-0.3, -0.25) is 4.79 Å². The van der Waals surface area contributed by atoms with Crippen molar-refractivity contribution in [2.75, 3.05) is 12.8 Å². The molecule has 1 unspecified atom stereocenters. The zero-order valence-electron chi connectivity index (χ0n) is 13.7. The van der Waals surface area contributed by atoms with Gasteiger partial charge in [0.25, 0.3) is 5.91 Å². The molecule has 1 heterocycles. The van der Waals surface area contributed by atoms with Gasteiger partial charge in [0.05, 0.1) is 5.56 Å². The van der Waals surface area contributed by atoms with E-state index in [2.05, 4.69) is 10.3 Å². The number of amides is 1. The van der Waals surface area contributed by atoms with Crippen LogP contribution in [0.1, 0.15) is 22.8 Å². The van der Waals surface area contributed by atoms with E-state index in [1.165, 1.54) is 11.8 Å². The molecule has 0 spiro atoms. The predicted molar refractivity (Wildman–Crippen MR) is 94.1 cm³/mol. The maximum Gasteiger partial charge on any atom is 0.341 e. The minimum absolute atomic E-state index is 0.311. The molecule has 6 heteroatoms. The Labute approximate surface area is 145 Å². The molecule has 0 saturated heterocycles. The van der Waals surface area contributed by atoms with Gasteiger partial charge in [-0.15, -0.1) is 11.8 Å². The maximum absolute atomic E-state index is 12.2. The van der Waals surface area contributed by atoms with Crippen molar-refractivity contribution in [1.82, 2.24) is 10.3 Å². The number of hydrogen-bond donors (Lipinski definition) is 1. The van der Waals surface area contributed by atoms with Gasteiger partial charge in [-0.1, -0.05) is 30.3 Å². The van der Waals surface area contributed by atoms with Crippen LogP contribution in [-0.4, -0.2) is 35.8 Å². The Bertz CT molecular complexity index is 692. The highest BCUT2D eigenvalue weighted by atomic mass is 32.2. The van der Waals surface area contributed by atoms with Gasteiger partial charge in [0, 0.05) is 12.7 Å². The first-order chi connectivity index (χ1) is 11.6. The molecule has 126 valence electrons. The molecule has 1 aromatic carbocycles. The molecule has 1 amide bonds. The van der Waals surface area contributed by atoms with Crippen molar-refractivity contribution in [3.8, 4) is 0 Å². The number of thioether (sulfide) groups is 1. The summed E-state index contributed by atoms with van der Waals surface area (Å²) in [6, 6.07) is 13.2. The quantitative estimate of drug-likeness (QED) is 0.618. The molecule has 1 atom stereocenters. The number of nitrogens with one attached hydrogen (secondary N) is 1. The molecule has 0 aliphatic carbocycles. The molecule has 24 heavy (non-hydrogen) atoms. The summed E-state index contributed by atoms with van der Waals surface area (Å²) in [6.45, 7) is 2.05. The fourth-order valence-electron chi connectivity index (χ4n) is 2.10. The molecule has 5 nitrogen and oxygen atoms in total. The molecule has 0 fully saturated rings. The number of ether oxygens (including phenoxy) is 1. The number of carbonyl (C=O) groups is 2. The summed E-state index contributed by atoms with van der Waals surface area (Å²) in [7, 11) is 0. The van der Waals surface area contributed by atoms with Gasteiger partial charge in [-0.05, 0) is 37.3 Å². The smallest absolute Gasteiger partial charge is 0.341 e. The molecule has 0 bridgehead atoms. The van der Waals surface area contributed by atoms with Gasteiger partial charge in [0.1, 0.15) is 5.03 Å². The zero-order valence-corrected chi connectivity index (χ0v) is 14.5. The Balaban J connectivity index is 1.83. The number of benzene rings is 1. The van der Waals surface area contributed by atoms with E-state index in [9.17, 15) is 9.59 Å². The maximum atomic E-state index is 12.2. The van der Waals surface area contributed by atoms with Gasteiger partial charge < -0.3 is 10.1 Å². The summed E-state index contributed by atoms with van der Waals surface area (Å²) in [5.74, 6) is -0.855. The molecular formula is C18H20N2O3S. The molecular weight excluding hydrogens is 324 g/mol. The Morgan fingerprint density at radius 3 is 2.67 bits per heavy atom. The van der Waals surface area contributed by atoms with Crippen LogP contribution in [0.15, 0.2) is 53.7 Å². The Morgan fingerprint density at radius 2 is 1.96 bits per heavy atom. The van der Waals surface area contributed by atoms with Crippen LogP contribution in [0, 0.1) is 0 Å². The number of aromatic nitrogens is 1. The highest BCUT2D eigenvalue weighted by Crippen LogP contribution is 2.18. The normalized spacial score (nSPS) is 11.6. The third-order valence-electron chi connectivity index (χ3n) is 3.39. The first kappa shape index (κ1) is 18.0. The summed E-state index contributed by atoms with van der Waals surface area (Å²) in [6.07, 6.45) is 3.32. The highest BCUT2D eigenvalue weighted by Gasteiger charge is 2.20. The summed E-state index contributed by atoms with van der Waals surface area (Å²) >= 11 is 1.36. The molecule has 2 aromatic rings. The predicted octanol–water partition coefficient (Wildman–Crippen LogP) is 2.71. The van der Waals surface area contributed by atoms with Crippen LogP contribution >= 0.6 is 11.8 Å². The van der Waals surface area contributed by atoms with E-state index in [4.69, 9.17) is 4.74 Å². The molecule has 1 aromatic heterocycles. The van der Waals surface area contributed by atoms with Crippen molar-refractivity contribution in [2.45, 2.75) is 24.5 Å². The van der Waals surface area contributed by atoms with Gasteiger partial charge >= 0.3 is 5.97 Å². The Kier molecular flexibility index (Phi) is 6.81. The van der Waals surface area contributed by atoms with E-state index in [-0.39, 0.29) is 5.91 Å². The molecule has 2 rings (SSSR count). The number of rotatable bonds is 7. The Hall–Kier alpha value is -2.34. The molecule has 0 aliphatic rings. The third kappa shape index (κ3) is 5.09. The van der Waals surface area contributed by atoms with E-state index >= 15 is 0 Å². The van der Waals surface area contributed by atoms with Crippen LogP contribution < -0.4 is 5.32 Å². The number of esters is 1. The fourth-order valence-corrected chi connectivity index (χ4v) is 2.64. The first-order valence-electron chi connectivity index (χ1n) is 7.63. The number of pyridine rings is 1. The molecule has 0 aliphatic heterocycles. The molecule has 0 radical (unpaired) electrons. The van der Waals surface area contributed by atoms with Crippen LogP contribution in [0.25, 0.3) is 0 Å². The van der Waals surface area contributed by atoms with Crippen molar-refractivity contribution in [1.29, 1.82) is 0 Å². The second-order valence-electron chi connectivity index (χ2n) is 5.13. The zero-order chi connectivity index (χ0) is 17.4. The second kappa shape index (κ2) is 9.08. The van der Waals surface area contributed by atoms with E-state index in [1.54, 1.807) is 25.3 Å². The molecule has 0 saturated carbocycles. The lowest BCUT2D eigenvalue weighted by molar-refractivity contribution is -0.129. The Morgan fingerprint density at radius 1 is 1.21 bits per heavy atom. The van der Waals surface area contributed by atoms with Crippen molar-refractivity contribution in [2.24, 2.45) is 0 Å².